The van der Waals surface area contributed by atoms with Crippen molar-refractivity contribution in [2.24, 2.45) is 7.05 Å². The molecule has 0 fully saturated rings. The molecule has 1 atom stereocenters. The van der Waals surface area contributed by atoms with E-state index < -0.39 is 0 Å². The van der Waals surface area contributed by atoms with E-state index in [9.17, 15) is 4.39 Å². The van der Waals surface area contributed by atoms with Gasteiger partial charge in [-0.1, -0.05) is 22.0 Å². The molecule has 19 heavy (non-hydrogen) atoms. The second-order valence-corrected chi connectivity index (χ2v) is 5.44. The quantitative estimate of drug-likeness (QED) is 0.935. The van der Waals surface area contributed by atoms with Crippen LogP contribution in [0.3, 0.4) is 0 Å². The Kier molecular flexibility index (Phi) is 4.37. The highest BCUT2D eigenvalue weighted by molar-refractivity contribution is 9.10. The summed E-state index contributed by atoms with van der Waals surface area (Å²) in [6.07, 6.45) is 2.66. The molecule has 0 amide bonds. The maximum Gasteiger partial charge on any atom is 0.124 e. The Morgan fingerprint density at radius 2 is 2.21 bits per heavy atom. The van der Waals surface area contributed by atoms with Gasteiger partial charge in [-0.15, -0.1) is 0 Å². The fourth-order valence-electron chi connectivity index (χ4n) is 2.13. The standard InChI is InChI=1S/C14H17BrFN3/c1-9-12(8-18-19(9)3)14(17-2)6-10-4-5-11(16)7-13(10)15/h4-5,7-8,14,17H,6H2,1-3H3. The van der Waals surface area contributed by atoms with E-state index in [4.69, 9.17) is 0 Å². The molecule has 0 aliphatic carbocycles. The van der Waals surface area contributed by atoms with Gasteiger partial charge in [-0.25, -0.2) is 4.39 Å². The molecular weight excluding hydrogens is 309 g/mol. The second kappa shape index (κ2) is 5.84. The highest BCUT2D eigenvalue weighted by Crippen LogP contribution is 2.25. The van der Waals surface area contributed by atoms with Crippen LogP contribution < -0.4 is 5.32 Å². The van der Waals surface area contributed by atoms with Crippen LogP contribution in [0.1, 0.15) is 22.9 Å². The van der Waals surface area contributed by atoms with Crippen molar-refractivity contribution in [1.29, 1.82) is 0 Å². The van der Waals surface area contributed by atoms with Gasteiger partial charge in [0.15, 0.2) is 0 Å². The molecule has 1 N–H and O–H groups in total. The van der Waals surface area contributed by atoms with Crippen molar-refractivity contribution in [2.45, 2.75) is 19.4 Å². The first-order valence-electron chi connectivity index (χ1n) is 6.12. The molecule has 5 heteroatoms. The Balaban J connectivity index is 2.26. The molecule has 1 aromatic carbocycles. The molecule has 0 saturated carbocycles. The van der Waals surface area contributed by atoms with Crippen molar-refractivity contribution in [3.63, 3.8) is 0 Å². The van der Waals surface area contributed by atoms with E-state index in [0.29, 0.717) is 0 Å². The zero-order valence-corrected chi connectivity index (χ0v) is 12.8. The SMILES string of the molecule is CNC(Cc1ccc(F)cc1Br)c1cnn(C)c1C. The second-order valence-electron chi connectivity index (χ2n) is 4.59. The van der Waals surface area contributed by atoms with Gasteiger partial charge in [0.1, 0.15) is 5.82 Å². The minimum absolute atomic E-state index is 0.162. The van der Waals surface area contributed by atoms with E-state index in [0.717, 1.165) is 22.2 Å². The van der Waals surface area contributed by atoms with Crippen LogP contribution in [0, 0.1) is 12.7 Å². The van der Waals surface area contributed by atoms with Gasteiger partial charge < -0.3 is 5.32 Å². The predicted molar refractivity (Wildman–Crippen MR) is 77.5 cm³/mol. The lowest BCUT2D eigenvalue weighted by Gasteiger charge is -2.17. The van der Waals surface area contributed by atoms with Gasteiger partial charge >= 0.3 is 0 Å². The Morgan fingerprint density at radius 3 is 2.74 bits per heavy atom. The van der Waals surface area contributed by atoms with E-state index >= 15 is 0 Å². The molecule has 0 aliphatic rings. The summed E-state index contributed by atoms with van der Waals surface area (Å²) < 4.78 is 15.8. The third-order valence-electron chi connectivity index (χ3n) is 3.44. The van der Waals surface area contributed by atoms with Crippen molar-refractivity contribution >= 4 is 15.9 Å². The normalized spacial score (nSPS) is 12.7. The number of benzene rings is 1. The summed E-state index contributed by atoms with van der Waals surface area (Å²) in [5.41, 5.74) is 3.38. The molecule has 1 aromatic heterocycles. The van der Waals surface area contributed by atoms with Crippen LogP contribution in [0.4, 0.5) is 4.39 Å². The Labute approximate surface area is 121 Å². The van der Waals surface area contributed by atoms with Crippen LogP contribution in [0.2, 0.25) is 0 Å². The fraction of sp³-hybridized carbons (Fsp3) is 0.357. The zero-order valence-electron chi connectivity index (χ0n) is 11.2. The molecule has 0 bridgehead atoms. The fourth-order valence-corrected chi connectivity index (χ4v) is 2.65. The van der Waals surface area contributed by atoms with E-state index in [1.807, 2.05) is 38.0 Å². The van der Waals surface area contributed by atoms with Gasteiger partial charge in [-0.3, -0.25) is 4.68 Å². The summed E-state index contributed by atoms with van der Waals surface area (Å²) in [6.45, 7) is 2.05. The lowest BCUT2D eigenvalue weighted by atomic mass is 9.99. The van der Waals surface area contributed by atoms with Crippen molar-refractivity contribution in [3.8, 4) is 0 Å². The van der Waals surface area contributed by atoms with E-state index in [-0.39, 0.29) is 11.9 Å². The molecule has 0 spiro atoms. The Morgan fingerprint density at radius 1 is 1.47 bits per heavy atom. The monoisotopic (exact) mass is 325 g/mol. The summed E-state index contributed by atoms with van der Waals surface area (Å²) in [5, 5.41) is 7.56. The molecule has 0 saturated heterocycles. The molecule has 102 valence electrons. The largest absolute Gasteiger partial charge is 0.313 e. The summed E-state index contributed by atoms with van der Waals surface area (Å²) in [7, 11) is 3.86. The van der Waals surface area contributed by atoms with Crippen LogP contribution in [-0.2, 0) is 13.5 Å². The van der Waals surface area contributed by atoms with Gasteiger partial charge in [-0.2, -0.15) is 5.10 Å². The number of nitrogens with zero attached hydrogens (tertiary/aromatic N) is 2. The molecule has 0 radical (unpaired) electrons. The summed E-state index contributed by atoms with van der Waals surface area (Å²) >= 11 is 3.41. The number of hydrogen-bond donors (Lipinski definition) is 1. The first-order valence-corrected chi connectivity index (χ1v) is 6.92. The van der Waals surface area contributed by atoms with Crippen LogP contribution in [0.5, 0.6) is 0 Å². The van der Waals surface area contributed by atoms with E-state index in [1.54, 1.807) is 0 Å². The zero-order chi connectivity index (χ0) is 14.0. The minimum Gasteiger partial charge on any atom is -0.313 e. The van der Waals surface area contributed by atoms with Gasteiger partial charge in [0.25, 0.3) is 0 Å². The van der Waals surface area contributed by atoms with Crippen LogP contribution in [0.25, 0.3) is 0 Å². The molecular formula is C14H17BrFN3. The lowest BCUT2D eigenvalue weighted by Crippen LogP contribution is -2.19. The minimum atomic E-state index is -0.228. The maximum atomic E-state index is 13.1. The number of likely N-dealkylation sites (N-methyl/N-ethyl adjacent to an activating group) is 1. The number of halogens is 2. The molecule has 1 unspecified atom stereocenters. The van der Waals surface area contributed by atoms with Gasteiger partial charge in [-0.05, 0) is 38.1 Å². The van der Waals surface area contributed by atoms with Crippen molar-refractivity contribution < 1.29 is 4.39 Å². The number of aryl methyl sites for hydroxylation is 1. The molecule has 1 heterocycles. The third kappa shape index (κ3) is 3.04. The lowest BCUT2D eigenvalue weighted by molar-refractivity contribution is 0.582. The maximum absolute atomic E-state index is 13.1. The number of aromatic nitrogens is 2. The molecule has 2 aromatic rings. The average molecular weight is 326 g/mol. The topological polar surface area (TPSA) is 29.9 Å². The van der Waals surface area contributed by atoms with Gasteiger partial charge in [0.05, 0.1) is 6.20 Å². The number of hydrogen-bond acceptors (Lipinski definition) is 2. The average Bonchev–Trinajstić information content (AvgIpc) is 2.70. The summed E-state index contributed by atoms with van der Waals surface area (Å²) in [6, 6.07) is 4.96. The van der Waals surface area contributed by atoms with Crippen molar-refractivity contribution in [2.75, 3.05) is 7.05 Å². The van der Waals surface area contributed by atoms with Crippen LogP contribution in [0.15, 0.2) is 28.9 Å². The Hall–Kier alpha value is -1.20. The molecule has 0 aliphatic heterocycles. The number of rotatable bonds is 4. The van der Waals surface area contributed by atoms with Crippen LogP contribution >= 0.6 is 15.9 Å². The molecule has 3 nitrogen and oxygen atoms in total. The van der Waals surface area contributed by atoms with Gasteiger partial charge in [0, 0.05) is 28.8 Å². The molecule has 2 rings (SSSR count). The first kappa shape index (κ1) is 14.2. The summed E-state index contributed by atoms with van der Waals surface area (Å²) in [4.78, 5) is 0. The highest BCUT2D eigenvalue weighted by Gasteiger charge is 2.16. The van der Waals surface area contributed by atoms with E-state index in [2.05, 4.69) is 26.3 Å². The first-order chi connectivity index (χ1) is 9.02. The Bertz CT molecular complexity index is 580. The van der Waals surface area contributed by atoms with Crippen molar-refractivity contribution in [1.82, 2.24) is 15.1 Å². The third-order valence-corrected chi connectivity index (χ3v) is 4.17. The highest BCUT2D eigenvalue weighted by atomic mass is 79.9. The van der Waals surface area contributed by atoms with Gasteiger partial charge in [0.2, 0.25) is 0 Å². The summed E-state index contributed by atoms with van der Waals surface area (Å²) in [5.74, 6) is -0.228. The van der Waals surface area contributed by atoms with Crippen LogP contribution in [-0.4, -0.2) is 16.8 Å². The van der Waals surface area contributed by atoms with Crippen molar-refractivity contribution in [3.05, 3.63) is 51.5 Å². The number of nitrogens with one attached hydrogen (secondary N) is 1. The smallest absolute Gasteiger partial charge is 0.124 e. The van der Waals surface area contributed by atoms with E-state index in [1.165, 1.54) is 17.7 Å². The predicted octanol–water partition coefficient (Wildman–Crippen LogP) is 3.13.